The zero-order valence-electron chi connectivity index (χ0n) is 11.8. The van der Waals surface area contributed by atoms with Crippen molar-refractivity contribution < 1.29 is 4.79 Å². The highest BCUT2D eigenvalue weighted by Gasteiger charge is 2.25. The summed E-state index contributed by atoms with van der Waals surface area (Å²) in [6, 6.07) is 0.527. The number of piperidine rings is 2. The molecule has 2 aliphatic rings. The third-order valence-electron chi connectivity index (χ3n) is 4.64. The van der Waals surface area contributed by atoms with Gasteiger partial charge in [0.1, 0.15) is 0 Å². The molecule has 1 N–H and O–H groups in total. The van der Waals surface area contributed by atoms with Crippen LogP contribution in [-0.2, 0) is 4.79 Å². The number of hydrogen-bond acceptors (Lipinski definition) is 2. The van der Waals surface area contributed by atoms with Crippen molar-refractivity contribution in [1.82, 2.24) is 10.2 Å². The number of rotatable bonds is 4. The van der Waals surface area contributed by atoms with Gasteiger partial charge in [0.25, 0.3) is 0 Å². The summed E-state index contributed by atoms with van der Waals surface area (Å²) in [6.45, 7) is 5.49. The Bertz CT molecular complexity index is 261. The Kier molecular flexibility index (Phi) is 5.48. The summed E-state index contributed by atoms with van der Waals surface area (Å²) < 4.78 is 0. The van der Waals surface area contributed by atoms with Crippen LogP contribution in [0, 0.1) is 5.92 Å². The van der Waals surface area contributed by atoms with E-state index in [1.54, 1.807) is 0 Å². The molecule has 0 spiro atoms. The Labute approximate surface area is 111 Å². The highest BCUT2D eigenvalue weighted by Crippen LogP contribution is 2.23. The largest absolute Gasteiger partial charge is 0.340 e. The quantitative estimate of drug-likeness (QED) is 0.834. The van der Waals surface area contributed by atoms with Gasteiger partial charge < -0.3 is 10.2 Å². The fraction of sp³-hybridized carbons (Fsp3) is 0.933. The van der Waals surface area contributed by atoms with Crippen molar-refractivity contribution >= 4 is 5.91 Å². The first-order valence-electron chi connectivity index (χ1n) is 7.81. The molecule has 2 fully saturated rings. The van der Waals surface area contributed by atoms with Crippen LogP contribution in [0.4, 0.5) is 0 Å². The lowest BCUT2D eigenvalue weighted by Crippen LogP contribution is -2.43. The second kappa shape index (κ2) is 7.13. The minimum atomic E-state index is 0.417. The van der Waals surface area contributed by atoms with Crippen molar-refractivity contribution in [2.45, 2.75) is 64.3 Å². The van der Waals surface area contributed by atoms with Gasteiger partial charge in [-0.25, -0.2) is 0 Å². The summed E-state index contributed by atoms with van der Waals surface area (Å²) in [6.07, 6.45) is 9.24. The maximum atomic E-state index is 12.3. The lowest BCUT2D eigenvalue weighted by atomic mass is 9.92. The van der Waals surface area contributed by atoms with Crippen molar-refractivity contribution in [3.63, 3.8) is 0 Å². The fourth-order valence-corrected chi connectivity index (χ4v) is 3.39. The maximum absolute atomic E-state index is 12.3. The van der Waals surface area contributed by atoms with E-state index in [0.29, 0.717) is 11.9 Å². The molecular weight excluding hydrogens is 224 g/mol. The van der Waals surface area contributed by atoms with E-state index >= 15 is 0 Å². The first-order valence-corrected chi connectivity index (χ1v) is 7.81. The van der Waals surface area contributed by atoms with E-state index in [1.807, 2.05) is 0 Å². The fourth-order valence-electron chi connectivity index (χ4n) is 3.39. The predicted molar refractivity (Wildman–Crippen MR) is 74.5 cm³/mol. The predicted octanol–water partition coefficient (Wildman–Crippen LogP) is 2.56. The van der Waals surface area contributed by atoms with Crippen LogP contribution in [0.25, 0.3) is 0 Å². The molecule has 0 aromatic rings. The molecule has 0 aliphatic carbocycles. The number of carbonyl (C=O) groups excluding carboxylic acids is 1. The lowest BCUT2D eigenvalue weighted by molar-refractivity contribution is -0.135. The van der Waals surface area contributed by atoms with Gasteiger partial charge in [-0.1, -0.05) is 6.92 Å². The Morgan fingerprint density at radius 1 is 1.22 bits per heavy atom. The van der Waals surface area contributed by atoms with Gasteiger partial charge in [-0.2, -0.15) is 0 Å². The molecule has 18 heavy (non-hydrogen) atoms. The van der Waals surface area contributed by atoms with Gasteiger partial charge in [-0.3, -0.25) is 4.79 Å². The van der Waals surface area contributed by atoms with Crippen molar-refractivity contribution in [1.29, 1.82) is 0 Å². The molecule has 2 rings (SSSR count). The Hall–Kier alpha value is -0.570. The minimum absolute atomic E-state index is 0.417. The van der Waals surface area contributed by atoms with Crippen molar-refractivity contribution in [3.8, 4) is 0 Å². The van der Waals surface area contributed by atoms with E-state index in [1.165, 1.54) is 32.1 Å². The van der Waals surface area contributed by atoms with Crippen LogP contribution in [0.1, 0.15) is 58.3 Å². The maximum Gasteiger partial charge on any atom is 0.222 e. The highest BCUT2D eigenvalue weighted by atomic mass is 16.2. The third kappa shape index (κ3) is 3.71. The van der Waals surface area contributed by atoms with Crippen LogP contribution in [0.3, 0.4) is 0 Å². The highest BCUT2D eigenvalue weighted by molar-refractivity contribution is 5.76. The second-order valence-electron chi connectivity index (χ2n) is 5.88. The van der Waals surface area contributed by atoms with Crippen molar-refractivity contribution in [3.05, 3.63) is 0 Å². The molecule has 0 aromatic heterocycles. The van der Waals surface area contributed by atoms with E-state index in [2.05, 4.69) is 17.1 Å². The number of nitrogens with zero attached hydrogens (tertiary/aromatic N) is 1. The van der Waals surface area contributed by atoms with E-state index < -0.39 is 0 Å². The topological polar surface area (TPSA) is 32.3 Å². The summed E-state index contributed by atoms with van der Waals surface area (Å²) in [5.41, 5.74) is 0. The van der Waals surface area contributed by atoms with Crippen LogP contribution < -0.4 is 5.32 Å². The van der Waals surface area contributed by atoms with Crippen LogP contribution in [0.5, 0.6) is 0 Å². The van der Waals surface area contributed by atoms with Crippen LogP contribution in [0.15, 0.2) is 0 Å². The second-order valence-corrected chi connectivity index (χ2v) is 5.88. The van der Waals surface area contributed by atoms with Gasteiger partial charge in [0, 0.05) is 19.0 Å². The van der Waals surface area contributed by atoms with E-state index in [0.717, 1.165) is 44.8 Å². The summed E-state index contributed by atoms with van der Waals surface area (Å²) >= 11 is 0. The monoisotopic (exact) mass is 252 g/mol. The van der Waals surface area contributed by atoms with Crippen LogP contribution in [0.2, 0.25) is 0 Å². The summed E-state index contributed by atoms with van der Waals surface area (Å²) in [5, 5.41) is 3.39. The van der Waals surface area contributed by atoms with Crippen LogP contribution >= 0.6 is 0 Å². The molecule has 1 unspecified atom stereocenters. The lowest BCUT2D eigenvalue weighted by Gasteiger charge is -2.35. The van der Waals surface area contributed by atoms with E-state index in [4.69, 9.17) is 0 Å². The minimum Gasteiger partial charge on any atom is -0.340 e. The third-order valence-corrected chi connectivity index (χ3v) is 4.64. The van der Waals surface area contributed by atoms with Gasteiger partial charge in [-0.15, -0.1) is 0 Å². The molecule has 2 heterocycles. The van der Waals surface area contributed by atoms with Gasteiger partial charge in [-0.05, 0) is 64.0 Å². The molecule has 0 radical (unpaired) electrons. The molecule has 0 bridgehead atoms. The van der Waals surface area contributed by atoms with E-state index in [9.17, 15) is 4.79 Å². The Morgan fingerprint density at radius 3 is 2.72 bits per heavy atom. The Balaban J connectivity index is 1.75. The first kappa shape index (κ1) is 13.9. The summed E-state index contributed by atoms with van der Waals surface area (Å²) in [4.78, 5) is 14.5. The van der Waals surface area contributed by atoms with Gasteiger partial charge >= 0.3 is 0 Å². The molecule has 1 atom stereocenters. The zero-order chi connectivity index (χ0) is 12.8. The number of carbonyl (C=O) groups is 1. The molecule has 104 valence electrons. The average molecular weight is 252 g/mol. The van der Waals surface area contributed by atoms with Gasteiger partial charge in [0.2, 0.25) is 5.91 Å². The molecule has 3 nitrogen and oxygen atoms in total. The first-order chi connectivity index (χ1) is 8.81. The van der Waals surface area contributed by atoms with E-state index in [-0.39, 0.29) is 0 Å². The van der Waals surface area contributed by atoms with Crippen molar-refractivity contribution in [2.75, 3.05) is 19.6 Å². The van der Waals surface area contributed by atoms with Gasteiger partial charge in [0.15, 0.2) is 0 Å². The standard InChI is InChI=1S/C15H28N2O/c1-2-14-5-3-4-12-17(14)15(18)7-6-13-8-10-16-11-9-13/h13-14,16H,2-12H2,1H3. The number of hydrogen-bond donors (Lipinski definition) is 1. The Morgan fingerprint density at radius 2 is 2.00 bits per heavy atom. The zero-order valence-corrected chi connectivity index (χ0v) is 11.8. The number of nitrogens with one attached hydrogen (secondary N) is 1. The molecule has 0 saturated carbocycles. The summed E-state index contributed by atoms with van der Waals surface area (Å²) in [5.74, 6) is 1.19. The molecule has 2 saturated heterocycles. The summed E-state index contributed by atoms with van der Waals surface area (Å²) in [7, 11) is 0. The normalized spacial score (nSPS) is 26.3. The van der Waals surface area contributed by atoms with Crippen molar-refractivity contribution in [2.24, 2.45) is 5.92 Å². The molecule has 3 heteroatoms. The number of amides is 1. The van der Waals surface area contributed by atoms with Crippen LogP contribution in [-0.4, -0.2) is 36.5 Å². The molecule has 1 amide bonds. The SMILES string of the molecule is CCC1CCCCN1C(=O)CCC1CCNCC1. The smallest absolute Gasteiger partial charge is 0.222 e. The molecule has 0 aromatic carbocycles. The molecule has 2 aliphatic heterocycles. The average Bonchev–Trinajstić information content (AvgIpc) is 2.45. The number of likely N-dealkylation sites (tertiary alicyclic amines) is 1. The van der Waals surface area contributed by atoms with Gasteiger partial charge in [0.05, 0.1) is 0 Å². The molecular formula is C15H28N2O.